The highest BCUT2D eigenvalue weighted by molar-refractivity contribution is 6.30. The fraction of sp³-hybridized carbons (Fsp3) is 0.500. The standard InChI is InChI=1S/C16H21ClN2O2/c1-10(2)13-14(20)18-16(3,4)15(21)19(13)9-11-6-5-7-12(17)8-11/h5-8,10,13H,9H2,1-4H3,(H,18,20). The molecule has 0 aromatic heterocycles. The average Bonchev–Trinajstić information content (AvgIpc) is 2.34. The maximum atomic E-state index is 12.7. The molecule has 1 aliphatic heterocycles. The molecule has 1 atom stereocenters. The Morgan fingerprint density at radius 1 is 1.33 bits per heavy atom. The third-order valence-electron chi connectivity index (χ3n) is 3.71. The highest BCUT2D eigenvalue weighted by Crippen LogP contribution is 2.25. The third-order valence-corrected chi connectivity index (χ3v) is 3.94. The number of nitrogens with zero attached hydrogens (tertiary/aromatic N) is 1. The van der Waals surface area contributed by atoms with Crippen molar-refractivity contribution in [2.45, 2.75) is 45.8 Å². The Kier molecular flexibility index (Phi) is 4.28. The zero-order valence-electron chi connectivity index (χ0n) is 12.8. The van der Waals surface area contributed by atoms with Crippen LogP contribution in [0.4, 0.5) is 0 Å². The highest BCUT2D eigenvalue weighted by atomic mass is 35.5. The van der Waals surface area contributed by atoms with Crippen LogP contribution in [-0.4, -0.2) is 28.3 Å². The summed E-state index contributed by atoms with van der Waals surface area (Å²) in [4.78, 5) is 26.7. The minimum Gasteiger partial charge on any atom is -0.340 e. The predicted octanol–water partition coefficient (Wildman–Crippen LogP) is 2.60. The van der Waals surface area contributed by atoms with Crippen molar-refractivity contribution in [3.05, 3.63) is 34.9 Å². The highest BCUT2D eigenvalue weighted by Gasteiger charge is 2.46. The minimum absolute atomic E-state index is 0.0456. The number of halogens is 1. The van der Waals surface area contributed by atoms with Gasteiger partial charge in [-0.3, -0.25) is 9.59 Å². The van der Waals surface area contributed by atoms with E-state index < -0.39 is 11.6 Å². The van der Waals surface area contributed by atoms with E-state index in [1.54, 1.807) is 24.8 Å². The van der Waals surface area contributed by atoms with Crippen LogP contribution < -0.4 is 5.32 Å². The topological polar surface area (TPSA) is 49.4 Å². The summed E-state index contributed by atoms with van der Waals surface area (Å²) in [6, 6.07) is 6.92. The molecule has 0 bridgehead atoms. The van der Waals surface area contributed by atoms with Gasteiger partial charge in [0.1, 0.15) is 11.6 Å². The molecule has 21 heavy (non-hydrogen) atoms. The lowest BCUT2D eigenvalue weighted by Crippen LogP contribution is -2.68. The molecule has 1 N–H and O–H groups in total. The Bertz CT molecular complexity index is 569. The first-order chi connectivity index (χ1) is 9.72. The molecule has 0 radical (unpaired) electrons. The van der Waals surface area contributed by atoms with Crippen LogP contribution in [0.3, 0.4) is 0 Å². The lowest BCUT2D eigenvalue weighted by molar-refractivity contribution is -0.156. The summed E-state index contributed by atoms with van der Waals surface area (Å²) < 4.78 is 0. The molecule has 1 saturated heterocycles. The van der Waals surface area contributed by atoms with Gasteiger partial charge in [0.2, 0.25) is 11.8 Å². The Morgan fingerprint density at radius 3 is 2.57 bits per heavy atom. The Balaban J connectivity index is 2.35. The summed E-state index contributed by atoms with van der Waals surface area (Å²) in [6.45, 7) is 7.74. The molecule has 0 aliphatic carbocycles. The lowest BCUT2D eigenvalue weighted by Gasteiger charge is -2.44. The Morgan fingerprint density at radius 2 is 2.00 bits per heavy atom. The minimum atomic E-state index is -0.874. The first-order valence-electron chi connectivity index (χ1n) is 7.10. The van der Waals surface area contributed by atoms with E-state index in [0.29, 0.717) is 11.6 Å². The number of benzene rings is 1. The second kappa shape index (κ2) is 5.68. The van der Waals surface area contributed by atoms with Crippen LogP contribution in [-0.2, 0) is 16.1 Å². The molecule has 1 aliphatic rings. The Labute approximate surface area is 130 Å². The van der Waals surface area contributed by atoms with Crippen LogP contribution in [0, 0.1) is 5.92 Å². The van der Waals surface area contributed by atoms with Crippen molar-refractivity contribution in [3.8, 4) is 0 Å². The lowest BCUT2D eigenvalue weighted by atomic mass is 9.91. The first kappa shape index (κ1) is 15.8. The van der Waals surface area contributed by atoms with Crippen molar-refractivity contribution in [2.24, 2.45) is 5.92 Å². The fourth-order valence-corrected chi connectivity index (χ4v) is 2.94. The van der Waals surface area contributed by atoms with Crippen molar-refractivity contribution in [1.82, 2.24) is 10.2 Å². The van der Waals surface area contributed by atoms with E-state index in [-0.39, 0.29) is 17.7 Å². The molecule has 5 heteroatoms. The van der Waals surface area contributed by atoms with E-state index in [9.17, 15) is 9.59 Å². The summed E-state index contributed by atoms with van der Waals surface area (Å²) in [5.41, 5.74) is 0.0492. The van der Waals surface area contributed by atoms with Crippen LogP contribution in [0.25, 0.3) is 0 Å². The largest absolute Gasteiger partial charge is 0.340 e. The number of carbonyl (C=O) groups excluding carboxylic acids is 2. The van der Waals surface area contributed by atoms with E-state index in [4.69, 9.17) is 11.6 Å². The molecule has 0 saturated carbocycles. The van der Waals surface area contributed by atoms with Crippen molar-refractivity contribution in [3.63, 3.8) is 0 Å². The monoisotopic (exact) mass is 308 g/mol. The number of amides is 2. The molecule has 4 nitrogen and oxygen atoms in total. The summed E-state index contributed by atoms with van der Waals surface area (Å²) in [5.74, 6) is -0.123. The fourth-order valence-electron chi connectivity index (χ4n) is 2.73. The van der Waals surface area contributed by atoms with Gasteiger partial charge in [0.05, 0.1) is 0 Å². The molecule has 0 spiro atoms. The summed E-state index contributed by atoms with van der Waals surface area (Å²) in [5, 5.41) is 3.43. The quantitative estimate of drug-likeness (QED) is 0.933. The van der Waals surface area contributed by atoms with Crippen molar-refractivity contribution >= 4 is 23.4 Å². The average molecular weight is 309 g/mol. The molecule has 2 rings (SSSR count). The number of carbonyl (C=O) groups is 2. The normalized spacial score (nSPS) is 21.6. The van der Waals surface area contributed by atoms with Crippen molar-refractivity contribution in [1.29, 1.82) is 0 Å². The van der Waals surface area contributed by atoms with Gasteiger partial charge in [-0.25, -0.2) is 0 Å². The second-order valence-electron chi connectivity index (χ2n) is 6.37. The summed E-state index contributed by atoms with van der Waals surface area (Å²) in [6.07, 6.45) is 0. The van der Waals surface area contributed by atoms with Gasteiger partial charge >= 0.3 is 0 Å². The molecule has 1 aromatic rings. The van der Waals surface area contributed by atoms with E-state index in [1.165, 1.54) is 0 Å². The van der Waals surface area contributed by atoms with Crippen LogP contribution >= 0.6 is 11.6 Å². The molecule has 1 heterocycles. The molecule has 114 valence electrons. The van der Waals surface area contributed by atoms with E-state index >= 15 is 0 Å². The van der Waals surface area contributed by atoms with Crippen LogP contribution in [0.1, 0.15) is 33.3 Å². The van der Waals surface area contributed by atoms with Crippen LogP contribution in [0.5, 0.6) is 0 Å². The van der Waals surface area contributed by atoms with Gasteiger partial charge < -0.3 is 10.2 Å². The van der Waals surface area contributed by atoms with Gasteiger partial charge in [-0.1, -0.05) is 37.6 Å². The summed E-state index contributed by atoms with van der Waals surface area (Å²) >= 11 is 6.00. The SMILES string of the molecule is CC(C)C1C(=O)NC(C)(C)C(=O)N1Cc1cccc(Cl)c1. The van der Waals surface area contributed by atoms with Crippen molar-refractivity contribution < 1.29 is 9.59 Å². The Hall–Kier alpha value is -1.55. The molecular formula is C16H21ClN2O2. The van der Waals surface area contributed by atoms with Crippen LogP contribution in [0.15, 0.2) is 24.3 Å². The summed E-state index contributed by atoms with van der Waals surface area (Å²) in [7, 11) is 0. The van der Waals surface area contributed by atoms with E-state index in [0.717, 1.165) is 5.56 Å². The number of piperazine rings is 1. The van der Waals surface area contributed by atoms with Gasteiger partial charge in [-0.05, 0) is 37.5 Å². The van der Waals surface area contributed by atoms with Gasteiger partial charge in [-0.2, -0.15) is 0 Å². The smallest absolute Gasteiger partial charge is 0.248 e. The maximum absolute atomic E-state index is 12.7. The molecule has 1 unspecified atom stereocenters. The molecule has 1 aromatic carbocycles. The second-order valence-corrected chi connectivity index (χ2v) is 6.80. The first-order valence-corrected chi connectivity index (χ1v) is 7.47. The number of hydrogen-bond acceptors (Lipinski definition) is 2. The van der Waals surface area contributed by atoms with Crippen molar-refractivity contribution in [2.75, 3.05) is 0 Å². The third kappa shape index (κ3) is 3.21. The van der Waals surface area contributed by atoms with Gasteiger partial charge in [0.15, 0.2) is 0 Å². The predicted molar refractivity (Wildman–Crippen MR) is 82.8 cm³/mol. The number of hydrogen-bond donors (Lipinski definition) is 1. The molecule has 1 fully saturated rings. The maximum Gasteiger partial charge on any atom is 0.248 e. The zero-order chi connectivity index (χ0) is 15.8. The van der Waals surface area contributed by atoms with Gasteiger partial charge in [-0.15, -0.1) is 0 Å². The van der Waals surface area contributed by atoms with Crippen LogP contribution in [0.2, 0.25) is 5.02 Å². The van der Waals surface area contributed by atoms with Gasteiger partial charge in [0.25, 0.3) is 0 Å². The number of rotatable bonds is 3. The molecular weight excluding hydrogens is 288 g/mol. The van der Waals surface area contributed by atoms with E-state index in [2.05, 4.69) is 5.32 Å². The molecule has 2 amide bonds. The zero-order valence-corrected chi connectivity index (χ0v) is 13.6. The van der Waals surface area contributed by atoms with Gasteiger partial charge in [0, 0.05) is 11.6 Å². The number of nitrogens with one attached hydrogen (secondary N) is 1. The van der Waals surface area contributed by atoms with E-state index in [1.807, 2.05) is 32.0 Å².